The van der Waals surface area contributed by atoms with Crippen LogP contribution >= 0.6 is 11.6 Å². The molecule has 2 saturated heterocycles. The van der Waals surface area contributed by atoms with Crippen LogP contribution in [0.5, 0.6) is 5.75 Å². The van der Waals surface area contributed by atoms with Gasteiger partial charge in [0.15, 0.2) is 0 Å². The summed E-state index contributed by atoms with van der Waals surface area (Å²) in [4.78, 5) is 13.9. The van der Waals surface area contributed by atoms with Gasteiger partial charge < -0.3 is 14.6 Å². The molecule has 0 aliphatic carbocycles. The molecule has 0 radical (unpaired) electrons. The van der Waals surface area contributed by atoms with Gasteiger partial charge in [0.2, 0.25) is 0 Å². The fourth-order valence-electron chi connectivity index (χ4n) is 3.40. The van der Waals surface area contributed by atoms with Crippen LogP contribution in [0.15, 0.2) is 24.3 Å². The van der Waals surface area contributed by atoms with Crippen molar-refractivity contribution in [3.8, 4) is 5.75 Å². The standard InChI is InChI=1S/C16H20ClNO4/c17-13-1-3-14(4-2-13)22-8-6-18-9-12-10-21-7-5-16(12,11-18)15(19)20/h1-4,12H,5-11H2,(H,19,20)/t12-,16+/m1/s1. The third-order valence-electron chi connectivity index (χ3n) is 4.69. The van der Waals surface area contributed by atoms with Gasteiger partial charge in [-0.2, -0.15) is 0 Å². The molecule has 1 aromatic rings. The van der Waals surface area contributed by atoms with Gasteiger partial charge in [-0.3, -0.25) is 9.69 Å². The third kappa shape index (κ3) is 3.07. The Balaban J connectivity index is 1.54. The number of halogens is 1. The molecule has 1 aromatic carbocycles. The highest BCUT2D eigenvalue weighted by Gasteiger charge is 2.53. The highest BCUT2D eigenvalue weighted by atomic mass is 35.5. The Bertz CT molecular complexity index is 535. The lowest BCUT2D eigenvalue weighted by molar-refractivity contribution is -0.157. The number of hydrogen-bond acceptors (Lipinski definition) is 4. The van der Waals surface area contributed by atoms with Crippen molar-refractivity contribution in [2.75, 3.05) is 39.5 Å². The van der Waals surface area contributed by atoms with E-state index in [0.29, 0.717) is 44.4 Å². The summed E-state index contributed by atoms with van der Waals surface area (Å²) in [6.45, 7) is 3.68. The Labute approximate surface area is 134 Å². The quantitative estimate of drug-likeness (QED) is 0.899. The zero-order valence-corrected chi connectivity index (χ0v) is 13.1. The smallest absolute Gasteiger partial charge is 0.311 e. The minimum atomic E-state index is -0.693. The molecule has 6 heteroatoms. The maximum Gasteiger partial charge on any atom is 0.311 e. The van der Waals surface area contributed by atoms with Crippen LogP contribution < -0.4 is 4.74 Å². The van der Waals surface area contributed by atoms with Crippen molar-refractivity contribution in [3.05, 3.63) is 29.3 Å². The number of hydrogen-bond donors (Lipinski definition) is 1. The topological polar surface area (TPSA) is 59.0 Å². The Kier molecular flexibility index (Phi) is 4.57. The van der Waals surface area contributed by atoms with Gasteiger partial charge in [-0.15, -0.1) is 0 Å². The predicted molar refractivity (Wildman–Crippen MR) is 82.4 cm³/mol. The van der Waals surface area contributed by atoms with Crippen LogP contribution in [0.3, 0.4) is 0 Å². The Morgan fingerprint density at radius 1 is 1.45 bits per heavy atom. The average Bonchev–Trinajstić information content (AvgIpc) is 2.89. The van der Waals surface area contributed by atoms with Crippen LogP contribution in [0.1, 0.15) is 6.42 Å². The van der Waals surface area contributed by atoms with Gasteiger partial charge in [-0.05, 0) is 30.7 Å². The van der Waals surface area contributed by atoms with Gasteiger partial charge in [-0.1, -0.05) is 11.6 Å². The molecule has 2 atom stereocenters. The van der Waals surface area contributed by atoms with E-state index in [4.69, 9.17) is 21.1 Å². The van der Waals surface area contributed by atoms with Gasteiger partial charge in [0.25, 0.3) is 0 Å². The van der Waals surface area contributed by atoms with Crippen molar-refractivity contribution < 1.29 is 19.4 Å². The molecule has 2 aliphatic rings. The number of benzene rings is 1. The average molecular weight is 326 g/mol. The van der Waals surface area contributed by atoms with Gasteiger partial charge in [0, 0.05) is 37.2 Å². The monoisotopic (exact) mass is 325 g/mol. The first kappa shape index (κ1) is 15.6. The first-order valence-electron chi connectivity index (χ1n) is 7.52. The molecule has 120 valence electrons. The van der Waals surface area contributed by atoms with E-state index in [1.165, 1.54) is 0 Å². The Morgan fingerprint density at radius 2 is 2.23 bits per heavy atom. The number of fused-ring (bicyclic) bond motifs is 1. The molecular weight excluding hydrogens is 306 g/mol. The molecule has 2 heterocycles. The van der Waals surface area contributed by atoms with E-state index in [-0.39, 0.29) is 5.92 Å². The molecule has 0 spiro atoms. The zero-order chi connectivity index (χ0) is 15.6. The second-order valence-electron chi connectivity index (χ2n) is 6.02. The largest absolute Gasteiger partial charge is 0.492 e. The van der Waals surface area contributed by atoms with Crippen LogP contribution in [0, 0.1) is 11.3 Å². The number of carboxylic acid groups (broad SMARTS) is 1. The third-order valence-corrected chi connectivity index (χ3v) is 4.95. The fourth-order valence-corrected chi connectivity index (χ4v) is 3.52. The number of aliphatic carboxylic acids is 1. The van der Waals surface area contributed by atoms with Crippen molar-refractivity contribution in [1.29, 1.82) is 0 Å². The van der Waals surface area contributed by atoms with Crippen LogP contribution in [0.25, 0.3) is 0 Å². The van der Waals surface area contributed by atoms with Crippen molar-refractivity contribution in [3.63, 3.8) is 0 Å². The van der Waals surface area contributed by atoms with Crippen molar-refractivity contribution in [1.82, 2.24) is 4.90 Å². The molecule has 0 unspecified atom stereocenters. The van der Waals surface area contributed by atoms with E-state index in [9.17, 15) is 9.90 Å². The highest BCUT2D eigenvalue weighted by Crippen LogP contribution is 2.42. The van der Waals surface area contributed by atoms with E-state index >= 15 is 0 Å². The molecular formula is C16H20ClNO4. The maximum absolute atomic E-state index is 11.7. The van der Waals surface area contributed by atoms with Crippen LogP contribution in [-0.2, 0) is 9.53 Å². The van der Waals surface area contributed by atoms with Crippen molar-refractivity contribution in [2.24, 2.45) is 11.3 Å². The lowest BCUT2D eigenvalue weighted by atomic mass is 9.74. The molecule has 0 aromatic heterocycles. The summed E-state index contributed by atoms with van der Waals surface area (Å²) in [7, 11) is 0. The number of carboxylic acids is 1. The number of likely N-dealkylation sites (tertiary alicyclic amines) is 1. The molecule has 3 rings (SSSR count). The van der Waals surface area contributed by atoms with E-state index in [1.807, 2.05) is 12.1 Å². The molecule has 2 fully saturated rings. The lowest BCUT2D eigenvalue weighted by Crippen LogP contribution is -2.44. The summed E-state index contributed by atoms with van der Waals surface area (Å²) in [5, 5.41) is 10.3. The van der Waals surface area contributed by atoms with E-state index in [2.05, 4.69) is 4.90 Å². The number of carbonyl (C=O) groups is 1. The lowest BCUT2D eigenvalue weighted by Gasteiger charge is -2.34. The van der Waals surface area contributed by atoms with Gasteiger partial charge in [0.1, 0.15) is 12.4 Å². The van der Waals surface area contributed by atoms with Crippen LogP contribution in [-0.4, -0.2) is 55.4 Å². The first-order chi connectivity index (χ1) is 10.6. The normalized spacial score (nSPS) is 28.3. The highest BCUT2D eigenvalue weighted by molar-refractivity contribution is 6.30. The van der Waals surface area contributed by atoms with Gasteiger partial charge in [-0.25, -0.2) is 0 Å². The minimum absolute atomic E-state index is 0.0780. The number of nitrogens with zero attached hydrogens (tertiary/aromatic N) is 1. The van der Waals surface area contributed by atoms with Crippen LogP contribution in [0.4, 0.5) is 0 Å². The first-order valence-corrected chi connectivity index (χ1v) is 7.90. The summed E-state index contributed by atoms with van der Waals surface area (Å²) in [6, 6.07) is 7.24. The van der Waals surface area contributed by atoms with Gasteiger partial charge in [0.05, 0.1) is 12.0 Å². The molecule has 0 saturated carbocycles. The molecule has 2 aliphatic heterocycles. The summed E-state index contributed by atoms with van der Waals surface area (Å²) in [5.41, 5.74) is -0.640. The Morgan fingerprint density at radius 3 is 2.91 bits per heavy atom. The molecule has 0 bridgehead atoms. The second-order valence-corrected chi connectivity index (χ2v) is 6.46. The van der Waals surface area contributed by atoms with Crippen LogP contribution in [0.2, 0.25) is 5.02 Å². The zero-order valence-electron chi connectivity index (χ0n) is 12.3. The number of ether oxygens (including phenoxy) is 2. The van der Waals surface area contributed by atoms with E-state index in [1.54, 1.807) is 12.1 Å². The molecule has 22 heavy (non-hydrogen) atoms. The SMILES string of the molecule is O=C(O)[C@]12CCOC[C@H]1CN(CCOc1ccc(Cl)cc1)C2. The number of rotatable bonds is 5. The van der Waals surface area contributed by atoms with Crippen molar-refractivity contribution in [2.45, 2.75) is 6.42 Å². The second kappa shape index (κ2) is 6.44. The molecule has 0 amide bonds. The summed E-state index contributed by atoms with van der Waals surface area (Å²) in [6.07, 6.45) is 0.599. The summed E-state index contributed by atoms with van der Waals surface area (Å²) < 4.78 is 11.1. The maximum atomic E-state index is 11.7. The predicted octanol–water partition coefficient (Wildman–Crippen LogP) is 2.14. The minimum Gasteiger partial charge on any atom is -0.492 e. The fraction of sp³-hybridized carbons (Fsp3) is 0.562. The summed E-state index contributed by atoms with van der Waals surface area (Å²) >= 11 is 5.83. The van der Waals surface area contributed by atoms with E-state index < -0.39 is 11.4 Å². The van der Waals surface area contributed by atoms with Gasteiger partial charge >= 0.3 is 5.97 Å². The molecule has 1 N–H and O–H groups in total. The molecule has 5 nitrogen and oxygen atoms in total. The Hall–Kier alpha value is -1.30. The summed E-state index contributed by atoms with van der Waals surface area (Å²) in [5.74, 6) is 0.161. The van der Waals surface area contributed by atoms with Crippen molar-refractivity contribution >= 4 is 17.6 Å². The van der Waals surface area contributed by atoms with E-state index in [0.717, 1.165) is 12.3 Å².